The van der Waals surface area contributed by atoms with Crippen LogP contribution in [0.4, 0.5) is 0 Å². The van der Waals surface area contributed by atoms with Crippen LogP contribution in [-0.4, -0.2) is 25.1 Å². The molecule has 1 aliphatic carbocycles. The van der Waals surface area contributed by atoms with Gasteiger partial charge in [0, 0.05) is 25.0 Å². The van der Waals surface area contributed by atoms with Crippen molar-refractivity contribution in [3.8, 4) is 0 Å². The Bertz CT molecular complexity index is 832. The van der Waals surface area contributed by atoms with Crippen LogP contribution in [0.15, 0.2) is 9.59 Å². The molecule has 3 rings (SSSR count). The topological polar surface area (TPSA) is 98.7 Å². The minimum atomic E-state index is -0.261. The third-order valence-electron chi connectivity index (χ3n) is 4.88. The molecule has 0 amide bonds. The summed E-state index contributed by atoms with van der Waals surface area (Å²) in [4.78, 5) is 33.3. The number of nitrogens with two attached hydrogens (primary N) is 1. The van der Waals surface area contributed by atoms with Crippen molar-refractivity contribution in [3.05, 3.63) is 26.7 Å². The van der Waals surface area contributed by atoms with E-state index in [1.54, 1.807) is 4.57 Å². The van der Waals surface area contributed by atoms with Crippen LogP contribution in [0.2, 0.25) is 0 Å². The highest BCUT2D eigenvalue weighted by molar-refractivity contribution is 5.70. The second-order valence-electron chi connectivity index (χ2n) is 6.84. The van der Waals surface area contributed by atoms with Gasteiger partial charge >= 0.3 is 5.69 Å². The third-order valence-corrected chi connectivity index (χ3v) is 4.88. The van der Waals surface area contributed by atoms with E-state index in [-0.39, 0.29) is 23.2 Å². The van der Waals surface area contributed by atoms with E-state index in [2.05, 4.69) is 9.97 Å². The number of aryl methyl sites for hydroxylation is 1. The van der Waals surface area contributed by atoms with E-state index >= 15 is 0 Å². The van der Waals surface area contributed by atoms with E-state index in [4.69, 9.17) is 5.73 Å². The number of hydrogen-bond acceptors (Lipinski definition) is 4. The summed E-state index contributed by atoms with van der Waals surface area (Å²) in [5.74, 6) is 1.04. The fraction of sp³-hybridized carbons (Fsp3) is 0.706. The van der Waals surface area contributed by atoms with Crippen molar-refractivity contribution in [2.45, 2.75) is 77.4 Å². The van der Waals surface area contributed by atoms with Crippen LogP contribution in [0.1, 0.15) is 64.1 Å². The van der Waals surface area contributed by atoms with Crippen molar-refractivity contribution in [2.75, 3.05) is 0 Å². The van der Waals surface area contributed by atoms with Crippen LogP contribution in [0, 0.1) is 0 Å². The first-order chi connectivity index (χ1) is 11.6. The van der Waals surface area contributed by atoms with Gasteiger partial charge in [-0.1, -0.05) is 20.3 Å². The van der Waals surface area contributed by atoms with Crippen molar-refractivity contribution in [1.29, 1.82) is 0 Å². The second kappa shape index (κ2) is 6.93. The first kappa shape index (κ1) is 17.0. The van der Waals surface area contributed by atoms with Gasteiger partial charge in [-0.25, -0.2) is 9.78 Å². The SMILES string of the molecule is CCCn1c(=O)c2[nH]c([C@H]3CCC[C@@H](N)C3)nc2n(CCC)c1=O. The minimum Gasteiger partial charge on any atom is -0.336 e. The van der Waals surface area contributed by atoms with Gasteiger partial charge in [0.2, 0.25) is 0 Å². The molecule has 0 unspecified atom stereocenters. The molecular weight excluding hydrogens is 306 g/mol. The first-order valence-corrected chi connectivity index (χ1v) is 9.05. The summed E-state index contributed by atoms with van der Waals surface area (Å²) in [6.07, 6.45) is 5.57. The summed E-state index contributed by atoms with van der Waals surface area (Å²) in [5.41, 5.74) is 6.52. The molecule has 2 atom stereocenters. The molecule has 2 heterocycles. The zero-order valence-corrected chi connectivity index (χ0v) is 14.5. The van der Waals surface area contributed by atoms with Gasteiger partial charge in [0.1, 0.15) is 11.3 Å². The summed E-state index contributed by atoms with van der Waals surface area (Å²) in [7, 11) is 0. The molecule has 0 bridgehead atoms. The molecule has 24 heavy (non-hydrogen) atoms. The molecule has 1 saturated carbocycles. The highest BCUT2D eigenvalue weighted by Crippen LogP contribution is 2.31. The zero-order chi connectivity index (χ0) is 17.3. The van der Waals surface area contributed by atoms with E-state index in [9.17, 15) is 9.59 Å². The maximum Gasteiger partial charge on any atom is 0.332 e. The number of aromatic amines is 1. The number of H-pyrrole nitrogens is 1. The van der Waals surface area contributed by atoms with Gasteiger partial charge in [-0.05, 0) is 32.1 Å². The predicted molar refractivity (Wildman–Crippen MR) is 94.4 cm³/mol. The summed E-state index contributed by atoms with van der Waals surface area (Å²) in [6.45, 7) is 4.97. The molecule has 132 valence electrons. The monoisotopic (exact) mass is 333 g/mol. The molecular formula is C17H27N5O2. The van der Waals surface area contributed by atoms with Gasteiger partial charge < -0.3 is 10.7 Å². The van der Waals surface area contributed by atoms with Gasteiger partial charge in [-0.2, -0.15) is 0 Å². The van der Waals surface area contributed by atoms with Gasteiger partial charge in [0.15, 0.2) is 5.65 Å². The fourth-order valence-corrected chi connectivity index (χ4v) is 3.70. The van der Waals surface area contributed by atoms with Crippen molar-refractivity contribution in [2.24, 2.45) is 5.73 Å². The maximum absolute atomic E-state index is 12.7. The number of imidazole rings is 1. The van der Waals surface area contributed by atoms with E-state index in [1.165, 1.54) is 4.57 Å². The highest BCUT2D eigenvalue weighted by atomic mass is 16.2. The number of nitrogens with one attached hydrogen (secondary N) is 1. The molecule has 2 aromatic heterocycles. The fourth-order valence-electron chi connectivity index (χ4n) is 3.70. The normalized spacial score (nSPS) is 21.5. The number of nitrogens with zero attached hydrogens (tertiary/aromatic N) is 3. The Balaban J connectivity index is 2.16. The van der Waals surface area contributed by atoms with Crippen molar-refractivity contribution in [3.63, 3.8) is 0 Å². The van der Waals surface area contributed by atoms with Crippen LogP contribution < -0.4 is 17.0 Å². The largest absolute Gasteiger partial charge is 0.336 e. The lowest BCUT2D eigenvalue weighted by Gasteiger charge is -2.24. The Morgan fingerprint density at radius 3 is 2.54 bits per heavy atom. The van der Waals surface area contributed by atoms with Crippen molar-refractivity contribution in [1.82, 2.24) is 19.1 Å². The smallest absolute Gasteiger partial charge is 0.332 e. The molecule has 0 aromatic carbocycles. The van der Waals surface area contributed by atoms with Gasteiger partial charge in [-0.3, -0.25) is 13.9 Å². The number of aromatic nitrogens is 4. The van der Waals surface area contributed by atoms with Crippen LogP contribution in [0.3, 0.4) is 0 Å². The molecule has 0 saturated heterocycles. The van der Waals surface area contributed by atoms with Crippen LogP contribution in [0.25, 0.3) is 11.2 Å². The predicted octanol–water partition coefficient (Wildman–Crippen LogP) is 1.69. The lowest BCUT2D eigenvalue weighted by molar-refractivity contribution is 0.384. The van der Waals surface area contributed by atoms with E-state index < -0.39 is 0 Å². The number of rotatable bonds is 5. The van der Waals surface area contributed by atoms with E-state index in [1.807, 2.05) is 13.8 Å². The molecule has 0 aliphatic heterocycles. The Hall–Kier alpha value is -1.89. The van der Waals surface area contributed by atoms with Crippen LogP contribution in [-0.2, 0) is 13.1 Å². The number of fused-ring (bicyclic) bond motifs is 1. The molecule has 1 aliphatic rings. The molecule has 0 spiro atoms. The standard InChI is InChI=1S/C17H27N5O2/c1-3-8-21-15-13(16(23)22(9-4-2)17(21)24)19-14(20-15)11-6-5-7-12(18)10-11/h11-12H,3-10,18H2,1-2H3,(H,19,20)/t11-,12+/m0/s1. The lowest BCUT2D eigenvalue weighted by atomic mass is 9.86. The summed E-state index contributed by atoms with van der Waals surface area (Å²) in [5, 5.41) is 0. The maximum atomic E-state index is 12.7. The molecule has 7 heteroatoms. The van der Waals surface area contributed by atoms with E-state index in [0.717, 1.165) is 44.3 Å². The van der Waals surface area contributed by atoms with Crippen LogP contribution >= 0.6 is 0 Å². The average molecular weight is 333 g/mol. The Labute approximate surface area is 140 Å². The minimum absolute atomic E-state index is 0.187. The van der Waals surface area contributed by atoms with Gasteiger partial charge in [0.05, 0.1) is 0 Å². The first-order valence-electron chi connectivity index (χ1n) is 9.05. The lowest BCUT2D eigenvalue weighted by Crippen LogP contribution is -2.40. The van der Waals surface area contributed by atoms with Gasteiger partial charge in [0.25, 0.3) is 5.56 Å². The zero-order valence-electron chi connectivity index (χ0n) is 14.5. The molecule has 1 fully saturated rings. The second-order valence-corrected chi connectivity index (χ2v) is 6.84. The van der Waals surface area contributed by atoms with Crippen molar-refractivity contribution < 1.29 is 0 Å². The van der Waals surface area contributed by atoms with Gasteiger partial charge in [-0.15, -0.1) is 0 Å². The van der Waals surface area contributed by atoms with Crippen LogP contribution in [0.5, 0.6) is 0 Å². The molecule has 0 radical (unpaired) electrons. The van der Waals surface area contributed by atoms with E-state index in [0.29, 0.717) is 24.3 Å². The summed E-state index contributed by atoms with van der Waals surface area (Å²) < 4.78 is 2.96. The highest BCUT2D eigenvalue weighted by Gasteiger charge is 2.25. The molecule has 7 nitrogen and oxygen atoms in total. The summed E-state index contributed by atoms with van der Waals surface area (Å²) >= 11 is 0. The Morgan fingerprint density at radius 1 is 1.17 bits per heavy atom. The Morgan fingerprint density at radius 2 is 1.88 bits per heavy atom. The average Bonchev–Trinajstić information content (AvgIpc) is 3.01. The quantitative estimate of drug-likeness (QED) is 0.870. The summed E-state index contributed by atoms with van der Waals surface area (Å²) in [6, 6.07) is 0.187. The third kappa shape index (κ3) is 2.92. The van der Waals surface area contributed by atoms with Crippen molar-refractivity contribution >= 4 is 11.2 Å². The number of hydrogen-bond donors (Lipinski definition) is 2. The molecule has 2 aromatic rings. The molecule has 3 N–H and O–H groups in total. The Kier molecular flexibility index (Phi) is 4.89.